The van der Waals surface area contributed by atoms with E-state index >= 15 is 0 Å². The molecule has 0 spiro atoms. The highest BCUT2D eigenvalue weighted by Crippen LogP contribution is 2.30. The molecule has 0 fully saturated rings. The Labute approximate surface area is 87.4 Å². The van der Waals surface area contributed by atoms with Crippen LogP contribution in [0.25, 0.3) is 11.1 Å². The Hall–Kier alpha value is -1.35. The molecular formula is C11H12N2S. The van der Waals surface area contributed by atoms with Gasteiger partial charge in [-0.05, 0) is 42.5 Å². The third kappa shape index (κ3) is 1.51. The summed E-state index contributed by atoms with van der Waals surface area (Å²) in [5.41, 5.74) is 9.22. The predicted octanol–water partition coefficient (Wildman–Crippen LogP) is 3.01. The Balaban J connectivity index is 2.62. The standard InChI is InChI=1S/C11H12N2S/c1-7-5-10(11(12)13-6-7)9-3-4-14-8(9)2/h3-6H,1-2H3,(H2,12,13). The summed E-state index contributed by atoms with van der Waals surface area (Å²) in [4.78, 5) is 5.44. The zero-order valence-electron chi connectivity index (χ0n) is 8.24. The Bertz CT molecular complexity index is 460. The minimum Gasteiger partial charge on any atom is -0.383 e. The van der Waals surface area contributed by atoms with Crippen molar-refractivity contribution in [3.05, 3.63) is 34.2 Å². The molecule has 0 atom stereocenters. The lowest BCUT2D eigenvalue weighted by Gasteiger charge is -2.04. The Morgan fingerprint density at radius 3 is 2.71 bits per heavy atom. The SMILES string of the molecule is Cc1cnc(N)c(-c2ccsc2C)c1. The van der Waals surface area contributed by atoms with E-state index in [1.807, 2.05) is 6.92 Å². The maximum Gasteiger partial charge on any atom is 0.131 e. The molecule has 2 heterocycles. The average Bonchev–Trinajstić information content (AvgIpc) is 2.56. The van der Waals surface area contributed by atoms with Gasteiger partial charge in [-0.25, -0.2) is 4.98 Å². The molecule has 2 nitrogen and oxygen atoms in total. The van der Waals surface area contributed by atoms with E-state index in [1.165, 1.54) is 10.4 Å². The lowest BCUT2D eigenvalue weighted by molar-refractivity contribution is 1.28. The van der Waals surface area contributed by atoms with Crippen LogP contribution in [0.2, 0.25) is 0 Å². The second kappa shape index (κ2) is 3.42. The Kier molecular flexibility index (Phi) is 2.25. The first-order chi connectivity index (χ1) is 6.68. The molecule has 2 rings (SSSR count). The summed E-state index contributed by atoms with van der Waals surface area (Å²) in [6, 6.07) is 4.17. The highest BCUT2D eigenvalue weighted by atomic mass is 32.1. The summed E-state index contributed by atoms with van der Waals surface area (Å²) in [6.07, 6.45) is 1.79. The molecule has 0 unspecified atom stereocenters. The van der Waals surface area contributed by atoms with Gasteiger partial charge in [0, 0.05) is 16.6 Å². The fraction of sp³-hybridized carbons (Fsp3) is 0.182. The first-order valence-corrected chi connectivity index (χ1v) is 5.33. The van der Waals surface area contributed by atoms with Crippen LogP contribution < -0.4 is 5.73 Å². The molecule has 0 aliphatic heterocycles. The van der Waals surface area contributed by atoms with Crippen LogP contribution >= 0.6 is 11.3 Å². The number of aromatic nitrogens is 1. The molecule has 2 N–H and O–H groups in total. The van der Waals surface area contributed by atoms with Gasteiger partial charge < -0.3 is 5.73 Å². The van der Waals surface area contributed by atoms with Crippen molar-refractivity contribution in [2.75, 3.05) is 5.73 Å². The number of nitrogens with two attached hydrogens (primary N) is 1. The summed E-state index contributed by atoms with van der Waals surface area (Å²) in [7, 11) is 0. The normalized spacial score (nSPS) is 10.4. The number of rotatable bonds is 1. The van der Waals surface area contributed by atoms with Gasteiger partial charge in [-0.3, -0.25) is 0 Å². The largest absolute Gasteiger partial charge is 0.383 e. The molecule has 0 saturated heterocycles. The summed E-state index contributed by atoms with van der Waals surface area (Å²) < 4.78 is 0. The van der Waals surface area contributed by atoms with E-state index in [1.54, 1.807) is 17.5 Å². The highest BCUT2D eigenvalue weighted by Gasteiger charge is 2.07. The molecule has 2 aromatic heterocycles. The van der Waals surface area contributed by atoms with Crippen molar-refractivity contribution < 1.29 is 0 Å². The number of hydrogen-bond donors (Lipinski definition) is 1. The molecule has 0 aliphatic rings. The second-order valence-corrected chi connectivity index (χ2v) is 4.46. The van der Waals surface area contributed by atoms with Gasteiger partial charge in [-0.15, -0.1) is 11.3 Å². The van der Waals surface area contributed by atoms with E-state index in [9.17, 15) is 0 Å². The summed E-state index contributed by atoms with van der Waals surface area (Å²) in [5, 5.41) is 2.08. The molecule has 0 bridgehead atoms. The average molecular weight is 204 g/mol. The molecule has 0 radical (unpaired) electrons. The van der Waals surface area contributed by atoms with Gasteiger partial charge in [0.15, 0.2) is 0 Å². The number of nitrogen functional groups attached to an aromatic ring is 1. The maximum atomic E-state index is 5.84. The minimum absolute atomic E-state index is 0.608. The van der Waals surface area contributed by atoms with Gasteiger partial charge in [0.1, 0.15) is 5.82 Å². The summed E-state index contributed by atoms with van der Waals surface area (Å²) in [6.45, 7) is 4.12. The lowest BCUT2D eigenvalue weighted by Crippen LogP contribution is -1.94. The second-order valence-electron chi connectivity index (χ2n) is 3.34. The van der Waals surface area contributed by atoms with E-state index in [0.717, 1.165) is 11.1 Å². The number of pyridine rings is 1. The van der Waals surface area contributed by atoms with Crippen molar-refractivity contribution in [3.63, 3.8) is 0 Å². The first kappa shape index (κ1) is 9.21. The minimum atomic E-state index is 0.608. The Morgan fingerprint density at radius 1 is 1.29 bits per heavy atom. The zero-order chi connectivity index (χ0) is 10.1. The van der Waals surface area contributed by atoms with Crippen molar-refractivity contribution in [1.29, 1.82) is 0 Å². The van der Waals surface area contributed by atoms with Crippen molar-refractivity contribution in [1.82, 2.24) is 4.98 Å². The molecule has 3 heteroatoms. The van der Waals surface area contributed by atoms with Crippen molar-refractivity contribution >= 4 is 17.2 Å². The molecule has 72 valence electrons. The van der Waals surface area contributed by atoms with Crippen LogP contribution in [0, 0.1) is 13.8 Å². The molecule has 0 saturated carbocycles. The topological polar surface area (TPSA) is 38.9 Å². The van der Waals surface area contributed by atoms with Gasteiger partial charge >= 0.3 is 0 Å². The van der Waals surface area contributed by atoms with E-state index < -0.39 is 0 Å². The van der Waals surface area contributed by atoms with Gasteiger partial charge in [-0.2, -0.15) is 0 Å². The summed E-state index contributed by atoms with van der Waals surface area (Å²) in [5.74, 6) is 0.608. The van der Waals surface area contributed by atoms with Gasteiger partial charge in [0.25, 0.3) is 0 Å². The monoisotopic (exact) mass is 204 g/mol. The van der Waals surface area contributed by atoms with Gasteiger partial charge in [0.05, 0.1) is 0 Å². The van der Waals surface area contributed by atoms with Crippen LogP contribution in [0.3, 0.4) is 0 Å². The number of aryl methyl sites for hydroxylation is 2. The molecule has 2 aromatic rings. The van der Waals surface area contributed by atoms with Gasteiger partial charge in [-0.1, -0.05) is 0 Å². The predicted molar refractivity (Wildman–Crippen MR) is 61.4 cm³/mol. The van der Waals surface area contributed by atoms with E-state index in [-0.39, 0.29) is 0 Å². The molecular weight excluding hydrogens is 192 g/mol. The fourth-order valence-electron chi connectivity index (χ4n) is 1.46. The summed E-state index contributed by atoms with van der Waals surface area (Å²) >= 11 is 1.73. The van der Waals surface area contributed by atoms with Crippen molar-refractivity contribution in [2.45, 2.75) is 13.8 Å². The van der Waals surface area contributed by atoms with Crippen LogP contribution in [0.15, 0.2) is 23.7 Å². The lowest BCUT2D eigenvalue weighted by atomic mass is 10.1. The Morgan fingerprint density at radius 2 is 2.07 bits per heavy atom. The van der Waals surface area contributed by atoms with E-state index in [0.29, 0.717) is 5.82 Å². The van der Waals surface area contributed by atoms with Crippen LogP contribution in [0.1, 0.15) is 10.4 Å². The third-order valence-electron chi connectivity index (χ3n) is 2.20. The molecule has 0 aromatic carbocycles. The molecule has 0 aliphatic carbocycles. The van der Waals surface area contributed by atoms with Crippen molar-refractivity contribution in [3.8, 4) is 11.1 Å². The van der Waals surface area contributed by atoms with E-state index in [2.05, 4.69) is 29.4 Å². The quantitative estimate of drug-likeness (QED) is 0.775. The number of nitrogens with zero attached hydrogens (tertiary/aromatic N) is 1. The van der Waals surface area contributed by atoms with Crippen LogP contribution in [0.5, 0.6) is 0 Å². The first-order valence-electron chi connectivity index (χ1n) is 4.45. The van der Waals surface area contributed by atoms with Gasteiger partial charge in [0.2, 0.25) is 0 Å². The number of hydrogen-bond acceptors (Lipinski definition) is 3. The smallest absolute Gasteiger partial charge is 0.131 e. The van der Waals surface area contributed by atoms with Crippen LogP contribution in [-0.4, -0.2) is 4.98 Å². The van der Waals surface area contributed by atoms with Crippen LogP contribution in [0.4, 0.5) is 5.82 Å². The van der Waals surface area contributed by atoms with Crippen LogP contribution in [-0.2, 0) is 0 Å². The molecule has 14 heavy (non-hydrogen) atoms. The number of anilines is 1. The maximum absolute atomic E-state index is 5.84. The van der Waals surface area contributed by atoms with E-state index in [4.69, 9.17) is 5.73 Å². The van der Waals surface area contributed by atoms with Crippen molar-refractivity contribution in [2.24, 2.45) is 0 Å². The third-order valence-corrected chi connectivity index (χ3v) is 3.05. The highest BCUT2D eigenvalue weighted by molar-refractivity contribution is 7.10. The fourth-order valence-corrected chi connectivity index (χ4v) is 2.17. The zero-order valence-corrected chi connectivity index (χ0v) is 9.06. The molecule has 0 amide bonds. The number of thiophene rings is 1.